The van der Waals surface area contributed by atoms with Crippen molar-refractivity contribution >= 4 is 10.0 Å². The Bertz CT molecular complexity index is 310. The van der Waals surface area contributed by atoms with Gasteiger partial charge in [0.25, 0.3) is 0 Å². The summed E-state index contributed by atoms with van der Waals surface area (Å²) >= 11 is 0. The summed E-state index contributed by atoms with van der Waals surface area (Å²) < 4.78 is 25.6. The van der Waals surface area contributed by atoms with Gasteiger partial charge in [-0.05, 0) is 18.4 Å². The average molecular weight is 218 g/mol. The second kappa shape index (κ2) is 3.18. The van der Waals surface area contributed by atoms with Crippen molar-refractivity contribution in [1.29, 1.82) is 0 Å². The van der Waals surface area contributed by atoms with Crippen LogP contribution in [0, 0.1) is 5.41 Å². The van der Waals surface area contributed by atoms with E-state index in [0.29, 0.717) is 19.6 Å². The van der Waals surface area contributed by atoms with Crippen molar-refractivity contribution in [2.45, 2.75) is 25.5 Å². The third-order valence-electron chi connectivity index (χ3n) is 3.00. The first-order chi connectivity index (χ1) is 6.42. The van der Waals surface area contributed by atoms with E-state index in [1.165, 1.54) is 0 Å². The largest absolute Gasteiger partial charge is 0.315 e. The summed E-state index contributed by atoms with van der Waals surface area (Å²) in [5, 5.41) is 2.91. The Morgan fingerprint density at radius 3 is 2.43 bits per heavy atom. The Morgan fingerprint density at radius 2 is 2.00 bits per heavy atom. The number of sulfonamides is 1. The predicted molar refractivity (Wildman–Crippen MR) is 55.5 cm³/mol. The molecule has 0 aliphatic carbocycles. The third-order valence-corrected chi connectivity index (χ3v) is 5.23. The van der Waals surface area contributed by atoms with Crippen molar-refractivity contribution in [2.75, 3.05) is 26.2 Å². The van der Waals surface area contributed by atoms with E-state index in [1.807, 2.05) is 0 Å². The van der Waals surface area contributed by atoms with E-state index in [9.17, 15) is 8.42 Å². The van der Waals surface area contributed by atoms with Crippen LogP contribution in [0.3, 0.4) is 0 Å². The minimum absolute atomic E-state index is 0.180. The number of nitrogens with one attached hydrogen (secondary N) is 1. The van der Waals surface area contributed by atoms with Crippen LogP contribution in [0.25, 0.3) is 0 Å². The van der Waals surface area contributed by atoms with E-state index in [1.54, 1.807) is 4.31 Å². The van der Waals surface area contributed by atoms with E-state index in [2.05, 4.69) is 19.2 Å². The molecule has 1 atom stereocenters. The highest BCUT2D eigenvalue weighted by atomic mass is 32.2. The molecule has 2 saturated heterocycles. The molecule has 2 rings (SSSR count). The van der Waals surface area contributed by atoms with E-state index in [4.69, 9.17) is 0 Å². The first-order valence-electron chi connectivity index (χ1n) is 5.11. The average Bonchev–Trinajstić information content (AvgIpc) is 2.51. The van der Waals surface area contributed by atoms with Crippen molar-refractivity contribution in [1.82, 2.24) is 9.62 Å². The highest BCUT2D eigenvalue weighted by Crippen LogP contribution is 2.33. The van der Waals surface area contributed by atoms with Gasteiger partial charge in [0.1, 0.15) is 0 Å². The molecule has 5 heteroatoms. The predicted octanol–water partition coefficient (Wildman–Crippen LogP) is 0.0199. The summed E-state index contributed by atoms with van der Waals surface area (Å²) in [4.78, 5) is 0. The van der Waals surface area contributed by atoms with Gasteiger partial charge in [-0.1, -0.05) is 13.8 Å². The number of hydrogen-bond donors (Lipinski definition) is 1. The fourth-order valence-electron chi connectivity index (χ4n) is 2.18. The number of rotatable bonds is 2. The van der Waals surface area contributed by atoms with E-state index >= 15 is 0 Å². The molecule has 2 fully saturated rings. The highest BCUT2D eigenvalue weighted by Gasteiger charge is 2.44. The maximum atomic E-state index is 12.0. The second-order valence-electron chi connectivity index (χ2n) is 5.09. The van der Waals surface area contributed by atoms with Crippen LogP contribution < -0.4 is 5.32 Å². The standard InChI is InChI=1S/C9H18N2O2S/c1-9(2)6-11(7-9)14(12,13)8-3-4-10-5-8/h8,10H,3-7H2,1-2H3. The number of hydrogen-bond acceptors (Lipinski definition) is 3. The van der Waals surface area contributed by atoms with Crippen LogP contribution in [0.15, 0.2) is 0 Å². The van der Waals surface area contributed by atoms with Crippen molar-refractivity contribution in [2.24, 2.45) is 5.41 Å². The van der Waals surface area contributed by atoms with Gasteiger partial charge in [-0.2, -0.15) is 0 Å². The van der Waals surface area contributed by atoms with E-state index < -0.39 is 10.0 Å². The van der Waals surface area contributed by atoms with Gasteiger partial charge >= 0.3 is 0 Å². The molecule has 1 N–H and O–H groups in total. The third kappa shape index (κ3) is 1.68. The second-order valence-corrected chi connectivity index (χ2v) is 7.31. The zero-order chi connectivity index (χ0) is 10.4. The molecule has 2 aliphatic rings. The monoisotopic (exact) mass is 218 g/mol. The van der Waals surface area contributed by atoms with Crippen LogP contribution >= 0.6 is 0 Å². The summed E-state index contributed by atoms with van der Waals surface area (Å²) in [5.41, 5.74) is 0.180. The Balaban J connectivity index is 2.03. The van der Waals surface area contributed by atoms with Crippen LogP contribution in [0.5, 0.6) is 0 Å². The molecule has 14 heavy (non-hydrogen) atoms. The van der Waals surface area contributed by atoms with Crippen LogP contribution in [0.1, 0.15) is 20.3 Å². The van der Waals surface area contributed by atoms with Gasteiger partial charge in [0.05, 0.1) is 5.25 Å². The molecule has 0 aromatic carbocycles. The molecular formula is C9H18N2O2S. The van der Waals surface area contributed by atoms with E-state index in [-0.39, 0.29) is 10.7 Å². The lowest BCUT2D eigenvalue weighted by Gasteiger charge is -2.45. The van der Waals surface area contributed by atoms with Crippen molar-refractivity contribution < 1.29 is 8.42 Å². The van der Waals surface area contributed by atoms with Crippen LogP contribution in [0.4, 0.5) is 0 Å². The fraction of sp³-hybridized carbons (Fsp3) is 1.00. The Labute approximate surface area is 85.7 Å². The topological polar surface area (TPSA) is 49.4 Å². The number of nitrogens with zero attached hydrogens (tertiary/aromatic N) is 1. The van der Waals surface area contributed by atoms with Crippen LogP contribution in [0.2, 0.25) is 0 Å². The fourth-order valence-corrected chi connectivity index (χ4v) is 4.41. The molecule has 4 nitrogen and oxygen atoms in total. The summed E-state index contributed by atoms with van der Waals surface area (Å²) in [6, 6.07) is 0. The molecule has 0 bridgehead atoms. The lowest BCUT2D eigenvalue weighted by Crippen LogP contribution is -2.57. The van der Waals surface area contributed by atoms with Gasteiger partial charge in [0.15, 0.2) is 0 Å². The lowest BCUT2D eigenvalue weighted by molar-refractivity contribution is 0.110. The minimum atomic E-state index is -3.00. The molecule has 1 unspecified atom stereocenters. The Morgan fingerprint density at radius 1 is 1.36 bits per heavy atom. The normalized spacial score (nSPS) is 32.9. The zero-order valence-corrected chi connectivity index (χ0v) is 9.60. The lowest BCUT2D eigenvalue weighted by atomic mass is 9.87. The molecule has 0 aromatic rings. The first kappa shape index (κ1) is 10.4. The molecule has 0 spiro atoms. The van der Waals surface area contributed by atoms with Gasteiger partial charge in [-0.25, -0.2) is 12.7 Å². The summed E-state index contributed by atoms with van der Waals surface area (Å²) in [6.45, 7) is 7.04. The van der Waals surface area contributed by atoms with Gasteiger partial charge in [-0.15, -0.1) is 0 Å². The highest BCUT2D eigenvalue weighted by molar-refractivity contribution is 7.89. The first-order valence-corrected chi connectivity index (χ1v) is 6.62. The summed E-state index contributed by atoms with van der Waals surface area (Å²) in [6.07, 6.45) is 0.763. The Hall–Kier alpha value is -0.130. The van der Waals surface area contributed by atoms with Crippen molar-refractivity contribution in [3.05, 3.63) is 0 Å². The molecule has 0 radical (unpaired) electrons. The van der Waals surface area contributed by atoms with Crippen molar-refractivity contribution in [3.63, 3.8) is 0 Å². The van der Waals surface area contributed by atoms with Crippen molar-refractivity contribution in [3.8, 4) is 0 Å². The van der Waals surface area contributed by atoms with Crippen LogP contribution in [-0.4, -0.2) is 44.2 Å². The molecule has 0 aromatic heterocycles. The molecule has 2 aliphatic heterocycles. The summed E-state index contributed by atoms with van der Waals surface area (Å²) in [7, 11) is -3.00. The van der Waals surface area contributed by atoms with Gasteiger partial charge in [-0.3, -0.25) is 0 Å². The molecule has 2 heterocycles. The van der Waals surface area contributed by atoms with Gasteiger partial charge in [0, 0.05) is 19.6 Å². The maximum Gasteiger partial charge on any atom is 0.218 e. The molecule has 82 valence electrons. The molecule has 0 amide bonds. The summed E-state index contributed by atoms with van der Waals surface area (Å²) in [5.74, 6) is 0. The zero-order valence-electron chi connectivity index (χ0n) is 8.78. The smallest absolute Gasteiger partial charge is 0.218 e. The van der Waals surface area contributed by atoms with Gasteiger partial charge in [0.2, 0.25) is 10.0 Å². The quantitative estimate of drug-likeness (QED) is 0.711. The minimum Gasteiger partial charge on any atom is -0.315 e. The van der Waals surface area contributed by atoms with Gasteiger partial charge < -0.3 is 5.32 Å². The molecular weight excluding hydrogens is 200 g/mol. The van der Waals surface area contributed by atoms with Crippen LogP contribution in [-0.2, 0) is 10.0 Å². The van der Waals surface area contributed by atoms with E-state index in [0.717, 1.165) is 13.0 Å². The SMILES string of the molecule is CC1(C)CN(S(=O)(=O)C2CCNC2)C1. The Kier molecular flexibility index (Phi) is 2.36. The molecule has 0 saturated carbocycles. The maximum absolute atomic E-state index is 12.0.